The third-order valence-corrected chi connectivity index (χ3v) is 4.92. The van der Waals surface area contributed by atoms with Gasteiger partial charge in [0.2, 0.25) is 5.91 Å². The SMILES string of the molecule is COc1ccc(CCC(=O)N2C[C@@H](Cc3cnccn3)[C@H](O)C2)cc1OC. The van der Waals surface area contributed by atoms with Crippen LogP contribution in [0.15, 0.2) is 36.8 Å². The van der Waals surface area contributed by atoms with E-state index in [2.05, 4.69) is 9.97 Å². The number of amides is 1. The van der Waals surface area contributed by atoms with Crippen LogP contribution < -0.4 is 9.47 Å². The molecule has 1 amide bonds. The van der Waals surface area contributed by atoms with Gasteiger partial charge in [-0.15, -0.1) is 0 Å². The lowest BCUT2D eigenvalue weighted by Gasteiger charge is -2.16. The van der Waals surface area contributed by atoms with E-state index in [1.54, 1.807) is 37.7 Å². The number of aliphatic hydroxyl groups excluding tert-OH is 1. The molecule has 1 aliphatic rings. The topological polar surface area (TPSA) is 84.8 Å². The van der Waals surface area contributed by atoms with E-state index in [9.17, 15) is 9.90 Å². The normalized spacial score (nSPS) is 19.1. The van der Waals surface area contributed by atoms with Gasteiger partial charge >= 0.3 is 0 Å². The van der Waals surface area contributed by atoms with Crippen molar-refractivity contribution in [2.75, 3.05) is 27.3 Å². The molecule has 2 aromatic rings. The number of aryl methyl sites for hydroxylation is 1. The van der Waals surface area contributed by atoms with Gasteiger partial charge in [-0.1, -0.05) is 6.07 Å². The maximum atomic E-state index is 12.6. The van der Waals surface area contributed by atoms with Crippen molar-refractivity contribution in [3.63, 3.8) is 0 Å². The Kier molecular flexibility index (Phi) is 6.24. The first-order chi connectivity index (χ1) is 13.1. The number of likely N-dealkylation sites (tertiary alicyclic amines) is 1. The summed E-state index contributed by atoms with van der Waals surface area (Å²) in [6, 6.07) is 5.67. The highest BCUT2D eigenvalue weighted by Gasteiger charge is 2.33. The second-order valence-electron chi connectivity index (χ2n) is 6.72. The zero-order valence-electron chi connectivity index (χ0n) is 15.7. The number of hydrogen-bond donors (Lipinski definition) is 1. The minimum absolute atomic E-state index is 0.00766. The lowest BCUT2D eigenvalue weighted by Crippen LogP contribution is -2.29. The van der Waals surface area contributed by atoms with E-state index in [0.717, 1.165) is 11.3 Å². The van der Waals surface area contributed by atoms with E-state index < -0.39 is 6.10 Å². The van der Waals surface area contributed by atoms with Gasteiger partial charge in [0.1, 0.15) is 0 Å². The fourth-order valence-corrected chi connectivity index (χ4v) is 3.41. The first-order valence-corrected chi connectivity index (χ1v) is 9.02. The van der Waals surface area contributed by atoms with Gasteiger partial charge in [-0.25, -0.2) is 0 Å². The van der Waals surface area contributed by atoms with Crippen LogP contribution in [0.5, 0.6) is 11.5 Å². The summed E-state index contributed by atoms with van der Waals surface area (Å²) in [6.07, 6.45) is 6.06. The van der Waals surface area contributed by atoms with Crippen LogP contribution in [0, 0.1) is 5.92 Å². The Balaban J connectivity index is 1.54. The summed E-state index contributed by atoms with van der Waals surface area (Å²) in [5.74, 6) is 1.36. The zero-order valence-corrected chi connectivity index (χ0v) is 15.7. The Labute approximate surface area is 159 Å². The average Bonchev–Trinajstić information content (AvgIpc) is 3.07. The Morgan fingerprint density at radius 3 is 2.74 bits per heavy atom. The van der Waals surface area contributed by atoms with Crippen LogP contribution in [0.2, 0.25) is 0 Å². The van der Waals surface area contributed by atoms with E-state index in [-0.39, 0.29) is 11.8 Å². The molecule has 1 fully saturated rings. The maximum absolute atomic E-state index is 12.6. The average molecular weight is 371 g/mol. The fourth-order valence-electron chi connectivity index (χ4n) is 3.41. The summed E-state index contributed by atoms with van der Waals surface area (Å²) in [5.41, 5.74) is 1.85. The minimum Gasteiger partial charge on any atom is -0.493 e. The molecule has 27 heavy (non-hydrogen) atoms. The summed E-state index contributed by atoms with van der Waals surface area (Å²) >= 11 is 0. The minimum atomic E-state index is -0.531. The molecule has 7 nitrogen and oxygen atoms in total. The number of carbonyl (C=O) groups excluding carboxylic acids is 1. The summed E-state index contributed by atoms with van der Waals surface area (Å²) in [6.45, 7) is 0.915. The molecule has 1 saturated heterocycles. The van der Waals surface area contributed by atoms with Crippen LogP contribution in [0.3, 0.4) is 0 Å². The molecular formula is C20H25N3O4. The molecular weight excluding hydrogens is 346 g/mol. The van der Waals surface area contributed by atoms with Gasteiger partial charge in [-0.2, -0.15) is 0 Å². The zero-order chi connectivity index (χ0) is 19.2. The van der Waals surface area contributed by atoms with Crippen LogP contribution in [0.25, 0.3) is 0 Å². The molecule has 2 atom stereocenters. The summed E-state index contributed by atoms with van der Waals surface area (Å²) in [4.78, 5) is 22.6. The molecule has 0 aliphatic carbocycles. The molecule has 1 aromatic carbocycles. The number of benzene rings is 1. The molecule has 144 valence electrons. The Hall–Kier alpha value is -2.67. The lowest BCUT2D eigenvalue weighted by molar-refractivity contribution is -0.130. The van der Waals surface area contributed by atoms with E-state index in [0.29, 0.717) is 43.9 Å². The molecule has 1 N–H and O–H groups in total. The molecule has 1 aliphatic heterocycles. The van der Waals surface area contributed by atoms with E-state index in [1.165, 1.54) is 0 Å². The van der Waals surface area contributed by atoms with Gasteiger partial charge < -0.3 is 19.5 Å². The summed E-state index contributed by atoms with van der Waals surface area (Å²) in [5, 5.41) is 10.3. The molecule has 3 rings (SSSR count). The second-order valence-corrected chi connectivity index (χ2v) is 6.72. The smallest absolute Gasteiger partial charge is 0.223 e. The fraction of sp³-hybridized carbons (Fsp3) is 0.450. The molecule has 0 bridgehead atoms. The van der Waals surface area contributed by atoms with Crippen LogP contribution in [0.1, 0.15) is 17.7 Å². The molecule has 0 radical (unpaired) electrons. The van der Waals surface area contributed by atoms with Crippen molar-refractivity contribution >= 4 is 5.91 Å². The maximum Gasteiger partial charge on any atom is 0.223 e. The van der Waals surface area contributed by atoms with Crippen molar-refractivity contribution in [1.82, 2.24) is 14.9 Å². The van der Waals surface area contributed by atoms with Crippen molar-refractivity contribution < 1.29 is 19.4 Å². The number of aliphatic hydroxyl groups is 1. The van der Waals surface area contributed by atoms with E-state index in [1.807, 2.05) is 18.2 Å². The van der Waals surface area contributed by atoms with Crippen molar-refractivity contribution in [2.45, 2.75) is 25.4 Å². The third-order valence-electron chi connectivity index (χ3n) is 4.92. The highest BCUT2D eigenvalue weighted by molar-refractivity contribution is 5.77. The van der Waals surface area contributed by atoms with Crippen molar-refractivity contribution in [3.8, 4) is 11.5 Å². The van der Waals surface area contributed by atoms with Crippen LogP contribution >= 0.6 is 0 Å². The summed E-state index contributed by atoms with van der Waals surface area (Å²) < 4.78 is 10.5. The highest BCUT2D eigenvalue weighted by Crippen LogP contribution is 2.28. The number of nitrogens with zero attached hydrogens (tertiary/aromatic N) is 3. The predicted octanol–water partition coefficient (Wildman–Crippen LogP) is 1.49. The molecule has 0 unspecified atom stereocenters. The predicted molar refractivity (Wildman–Crippen MR) is 99.7 cm³/mol. The highest BCUT2D eigenvalue weighted by atomic mass is 16.5. The molecule has 0 spiro atoms. The van der Waals surface area contributed by atoms with Gasteiger partial charge in [0.15, 0.2) is 11.5 Å². The first-order valence-electron chi connectivity index (χ1n) is 9.02. The van der Waals surface area contributed by atoms with E-state index in [4.69, 9.17) is 9.47 Å². The number of carbonyl (C=O) groups is 1. The Morgan fingerprint density at radius 2 is 2.04 bits per heavy atom. The van der Waals surface area contributed by atoms with Gasteiger partial charge in [0, 0.05) is 44.0 Å². The Morgan fingerprint density at radius 1 is 1.22 bits per heavy atom. The van der Waals surface area contributed by atoms with Gasteiger partial charge in [0.05, 0.1) is 26.0 Å². The number of aromatic nitrogens is 2. The van der Waals surface area contributed by atoms with Crippen LogP contribution in [-0.2, 0) is 17.6 Å². The number of methoxy groups -OCH3 is 2. The molecule has 2 heterocycles. The number of hydrogen-bond acceptors (Lipinski definition) is 6. The molecule has 1 aromatic heterocycles. The molecule has 0 saturated carbocycles. The van der Waals surface area contributed by atoms with Gasteiger partial charge in [-0.3, -0.25) is 14.8 Å². The molecule has 7 heteroatoms. The lowest BCUT2D eigenvalue weighted by atomic mass is 10.0. The number of rotatable bonds is 7. The standard InChI is InChI=1S/C20H25N3O4/c1-26-18-5-3-14(9-19(18)27-2)4-6-20(25)23-12-15(17(24)13-23)10-16-11-21-7-8-22-16/h3,5,7-9,11,15,17,24H,4,6,10,12-13H2,1-2H3/t15-,17-/m1/s1. The third kappa shape index (κ3) is 4.74. The van der Waals surface area contributed by atoms with Gasteiger partial charge in [0.25, 0.3) is 0 Å². The van der Waals surface area contributed by atoms with Crippen molar-refractivity contribution in [2.24, 2.45) is 5.92 Å². The quantitative estimate of drug-likeness (QED) is 0.794. The second kappa shape index (κ2) is 8.81. The van der Waals surface area contributed by atoms with Crippen LogP contribution in [-0.4, -0.2) is 59.3 Å². The monoisotopic (exact) mass is 371 g/mol. The number of ether oxygens (including phenoxy) is 2. The van der Waals surface area contributed by atoms with Crippen molar-refractivity contribution in [3.05, 3.63) is 48.0 Å². The van der Waals surface area contributed by atoms with Crippen molar-refractivity contribution in [1.29, 1.82) is 0 Å². The largest absolute Gasteiger partial charge is 0.493 e. The van der Waals surface area contributed by atoms with E-state index >= 15 is 0 Å². The summed E-state index contributed by atoms with van der Waals surface area (Å²) in [7, 11) is 3.19. The van der Waals surface area contributed by atoms with Gasteiger partial charge in [-0.05, 0) is 30.5 Å². The first kappa shape index (κ1) is 19.1. The van der Waals surface area contributed by atoms with Crippen LogP contribution in [0.4, 0.5) is 0 Å². The number of β-amino-alcohol motifs (C(OH)–C–C–N with tert-alkyl or cyclic N) is 1. The Bertz CT molecular complexity index is 769.